The molecule has 0 saturated carbocycles. The molecule has 144 valence electrons. The molecule has 0 radical (unpaired) electrons. The van der Waals surface area contributed by atoms with Gasteiger partial charge in [-0.25, -0.2) is 13.8 Å². The lowest BCUT2D eigenvalue weighted by Crippen LogP contribution is -2.29. The number of amides is 1. The number of rotatable bonds is 7. The van der Waals surface area contributed by atoms with Crippen LogP contribution in [0.3, 0.4) is 0 Å². The highest BCUT2D eigenvalue weighted by Gasteiger charge is 2.11. The summed E-state index contributed by atoms with van der Waals surface area (Å²) in [5.74, 6) is -0.522. The van der Waals surface area contributed by atoms with Crippen molar-refractivity contribution in [1.29, 1.82) is 0 Å². The molecule has 7 nitrogen and oxygen atoms in total. The molecule has 0 aliphatic rings. The Bertz CT molecular complexity index is 948. The second-order valence-electron chi connectivity index (χ2n) is 5.96. The molecule has 0 unspecified atom stereocenters. The van der Waals surface area contributed by atoms with Crippen LogP contribution in [0.15, 0.2) is 48.7 Å². The summed E-state index contributed by atoms with van der Waals surface area (Å²) < 4.78 is 26.4. The van der Waals surface area contributed by atoms with E-state index in [9.17, 15) is 13.6 Å². The summed E-state index contributed by atoms with van der Waals surface area (Å²) in [6.07, 6.45) is 1.75. The number of carbonyl (C=O) groups is 1. The third-order valence-electron chi connectivity index (χ3n) is 3.72. The molecule has 0 saturated heterocycles. The summed E-state index contributed by atoms with van der Waals surface area (Å²) in [6.45, 7) is 2.54. The minimum absolute atomic E-state index is 0.207. The molecule has 0 atom stereocenters. The molecule has 3 aromatic rings. The van der Waals surface area contributed by atoms with Gasteiger partial charge in [-0.05, 0) is 42.8 Å². The van der Waals surface area contributed by atoms with E-state index >= 15 is 0 Å². The van der Waals surface area contributed by atoms with Crippen LogP contribution in [0.5, 0.6) is 0 Å². The van der Waals surface area contributed by atoms with Crippen LogP contribution >= 0.6 is 0 Å². The molecule has 1 amide bonds. The lowest BCUT2D eigenvalue weighted by atomic mass is 10.2. The highest BCUT2D eigenvalue weighted by molar-refractivity contribution is 5.94. The molecule has 2 aromatic heterocycles. The van der Waals surface area contributed by atoms with Gasteiger partial charge in [-0.15, -0.1) is 10.2 Å². The van der Waals surface area contributed by atoms with E-state index in [1.54, 1.807) is 18.3 Å². The van der Waals surface area contributed by atoms with Crippen LogP contribution in [0.2, 0.25) is 0 Å². The van der Waals surface area contributed by atoms with Crippen molar-refractivity contribution in [3.63, 3.8) is 0 Å². The summed E-state index contributed by atoms with van der Waals surface area (Å²) in [5.41, 5.74) is 0.853. The number of aromatic nitrogens is 3. The van der Waals surface area contributed by atoms with E-state index < -0.39 is 17.5 Å². The van der Waals surface area contributed by atoms with Gasteiger partial charge in [0.1, 0.15) is 23.3 Å². The molecule has 0 aliphatic heterocycles. The lowest BCUT2D eigenvalue weighted by molar-refractivity contribution is 0.0951. The number of nitrogens with one attached hydrogen (secondary N) is 3. The first kappa shape index (κ1) is 19.2. The Labute approximate surface area is 160 Å². The zero-order valence-corrected chi connectivity index (χ0v) is 15.0. The number of hydrogen-bond donors (Lipinski definition) is 3. The maximum atomic E-state index is 13.5. The highest BCUT2D eigenvalue weighted by atomic mass is 19.1. The normalized spacial score (nSPS) is 10.4. The van der Waals surface area contributed by atoms with Gasteiger partial charge < -0.3 is 16.0 Å². The third-order valence-corrected chi connectivity index (χ3v) is 3.72. The fourth-order valence-corrected chi connectivity index (χ4v) is 2.30. The molecule has 3 N–H and O–H groups in total. The predicted molar refractivity (Wildman–Crippen MR) is 101 cm³/mol. The number of hydrogen-bond acceptors (Lipinski definition) is 6. The van der Waals surface area contributed by atoms with Gasteiger partial charge in [0.25, 0.3) is 5.91 Å². The Morgan fingerprint density at radius 2 is 1.71 bits per heavy atom. The number of carbonyl (C=O) groups excluding carboxylic acids is 1. The van der Waals surface area contributed by atoms with Crippen LogP contribution in [-0.4, -0.2) is 34.2 Å². The van der Waals surface area contributed by atoms with Crippen LogP contribution in [0, 0.1) is 18.6 Å². The van der Waals surface area contributed by atoms with Gasteiger partial charge in [0, 0.05) is 25.4 Å². The van der Waals surface area contributed by atoms with Crippen molar-refractivity contribution in [3.05, 3.63) is 71.4 Å². The van der Waals surface area contributed by atoms with E-state index in [0.717, 1.165) is 17.7 Å². The van der Waals surface area contributed by atoms with Crippen LogP contribution in [0.1, 0.15) is 15.9 Å². The van der Waals surface area contributed by atoms with Crippen molar-refractivity contribution in [2.24, 2.45) is 0 Å². The second kappa shape index (κ2) is 8.85. The Hall–Kier alpha value is -3.62. The number of pyridine rings is 1. The Morgan fingerprint density at radius 1 is 0.964 bits per heavy atom. The predicted octanol–water partition coefficient (Wildman–Crippen LogP) is 3.04. The highest BCUT2D eigenvalue weighted by Crippen LogP contribution is 2.13. The van der Waals surface area contributed by atoms with E-state index in [2.05, 4.69) is 31.1 Å². The van der Waals surface area contributed by atoms with Gasteiger partial charge in [0.2, 0.25) is 0 Å². The fraction of sp³-hybridized carbons (Fsp3) is 0.158. The molecule has 0 fully saturated rings. The van der Waals surface area contributed by atoms with Gasteiger partial charge in [0.15, 0.2) is 5.82 Å². The maximum Gasteiger partial charge on any atom is 0.254 e. The van der Waals surface area contributed by atoms with E-state index in [-0.39, 0.29) is 12.1 Å². The summed E-state index contributed by atoms with van der Waals surface area (Å²) in [4.78, 5) is 16.1. The Kier molecular flexibility index (Phi) is 6.05. The van der Waals surface area contributed by atoms with Crippen LogP contribution in [-0.2, 0) is 0 Å². The molecule has 0 aliphatic carbocycles. The van der Waals surface area contributed by atoms with Gasteiger partial charge in [-0.3, -0.25) is 4.79 Å². The van der Waals surface area contributed by atoms with Crippen molar-refractivity contribution >= 4 is 23.4 Å². The Balaban J connectivity index is 1.44. The van der Waals surface area contributed by atoms with Crippen LogP contribution in [0.25, 0.3) is 0 Å². The average molecular weight is 384 g/mol. The second-order valence-corrected chi connectivity index (χ2v) is 5.96. The van der Waals surface area contributed by atoms with E-state index in [1.807, 2.05) is 19.1 Å². The van der Waals surface area contributed by atoms with Crippen LogP contribution in [0.4, 0.5) is 26.2 Å². The van der Waals surface area contributed by atoms with Crippen molar-refractivity contribution in [2.75, 3.05) is 23.7 Å². The van der Waals surface area contributed by atoms with Crippen molar-refractivity contribution in [3.8, 4) is 0 Å². The van der Waals surface area contributed by atoms with E-state index in [4.69, 9.17) is 0 Å². The average Bonchev–Trinajstić information content (AvgIpc) is 2.68. The molecule has 28 heavy (non-hydrogen) atoms. The van der Waals surface area contributed by atoms with Crippen molar-refractivity contribution < 1.29 is 13.6 Å². The molecular formula is C19H18F2N6O. The topological polar surface area (TPSA) is 91.8 Å². The first-order valence-corrected chi connectivity index (χ1v) is 8.52. The molecule has 0 bridgehead atoms. The zero-order chi connectivity index (χ0) is 19.9. The molecule has 0 spiro atoms. The summed E-state index contributed by atoms with van der Waals surface area (Å²) in [7, 11) is 0. The number of anilines is 3. The Morgan fingerprint density at radius 3 is 2.39 bits per heavy atom. The molecular weight excluding hydrogens is 366 g/mol. The number of nitrogens with zero attached hydrogens (tertiary/aromatic N) is 3. The van der Waals surface area contributed by atoms with Crippen molar-refractivity contribution in [2.45, 2.75) is 6.92 Å². The number of benzene rings is 1. The summed E-state index contributed by atoms with van der Waals surface area (Å²) in [6, 6.07) is 10.1. The standard InChI is InChI=1S/C19H18F2N6O/c1-12-2-5-16(24-11-12)25-18-7-6-17(26-27-18)22-8-9-23-19(28)14-4-3-13(20)10-15(14)21/h2-7,10-11H,8-9H2,1H3,(H,22,26)(H,23,28)(H,24,25,27). The van der Waals surface area contributed by atoms with E-state index in [1.165, 1.54) is 0 Å². The van der Waals surface area contributed by atoms with E-state index in [0.29, 0.717) is 30.1 Å². The monoisotopic (exact) mass is 384 g/mol. The largest absolute Gasteiger partial charge is 0.367 e. The SMILES string of the molecule is Cc1ccc(Nc2ccc(NCCNC(=O)c3ccc(F)cc3F)nn2)nc1. The van der Waals surface area contributed by atoms with Gasteiger partial charge in [-0.1, -0.05) is 6.07 Å². The fourth-order valence-electron chi connectivity index (χ4n) is 2.30. The minimum Gasteiger partial charge on any atom is -0.367 e. The van der Waals surface area contributed by atoms with Crippen LogP contribution < -0.4 is 16.0 Å². The minimum atomic E-state index is -0.900. The molecule has 9 heteroatoms. The number of halogens is 2. The van der Waals surface area contributed by atoms with Crippen molar-refractivity contribution in [1.82, 2.24) is 20.5 Å². The first-order chi connectivity index (χ1) is 13.5. The molecule has 3 rings (SSSR count). The first-order valence-electron chi connectivity index (χ1n) is 8.52. The van der Waals surface area contributed by atoms with Gasteiger partial charge >= 0.3 is 0 Å². The summed E-state index contributed by atoms with van der Waals surface area (Å²) >= 11 is 0. The third kappa shape index (κ3) is 5.19. The lowest BCUT2D eigenvalue weighted by Gasteiger charge is -2.08. The zero-order valence-electron chi connectivity index (χ0n) is 15.0. The smallest absolute Gasteiger partial charge is 0.254 e. The number of aryl methyl sites for hydroxylation is 1. The molecule has 2 heterocycles. The quantitative estimate of drug-likeness (QED) is 0.543. The molecule has 1 aromatic carbocycles. The van der Waals surface area contributed by atoms with Gasteiger partial charge in [-0.2, -0.15) is 0 Å². The summed E-state index contributed by atoms with van der Waals surface area (Å²) in [5, 5.41) is 16.6. The maximum absolute atomic E-state index is 13.5. The van der Waals surface area contributed by atoms with Gasteiger partial charge in [0.05, 0.1) is 5.56 Å².